The number of nitrogens with one attached hydrogen (secondary N) is 1. The molecule has 4 N–H and O–H groups in total. The van der Waals surface area contributed by atoms with Crippen LogP contribution < -0.4 is 25.8 Å². The number of amides is 1. The maximum atomic E-state index is 13.4. The van der Waals surface area contributed by atoms with E-state index >= 15 is 0 Å². The molecular formula is C72H77N11O8. The summed E-state index contributed by atoms with van der Waals surface area (Å²) in [5.41, 5.74) is 14.2. The molecule has 19 heteroatoms. The van der Waals surface area contributed by atoms with Gasteiger partial charge in [0.25, 0.3) is 0 Å². The molecule has 0 saturated carbocycles. The lowest BCUT2D eigenvalue weighted by molar-refractivity contribution is 0.0633. The quantitative estimate of drug-likeness (QED) is 0.0721. The highest BCUT2D eigenvalue weighted by Crippen LogP contribution is 2.31. The second-order valence-corrected chi connectivity index (χ2v) is 24.5. The summed E-state index contributed by atoms with van der Waals surface area (Å²) in [7, 11) is 6.43. The van der Waals surface area contributed by atoms with Crippen molar-refractivity contribution >= 4 is 84.4 Å². The van der Waals surface area contributed by atoms with E-state index < -0.39 is 17.7 Å². The van der Waals surface area contributed by atoms with Gasteiger partial charge in [-0.3, -0.25) is 24.9 Å². The van der Waals surface area contributed by atoms with Crippen molar-refractivity contribution in [2.24, 2.45) is 0 Å². The summed E-state index contributed by atoms with van der Waals surface area (Å²) < 4.78 is 16.4. The van der Waals surface area contributed by atoms with Gasteiger partial charge in [-0.2, -0.15) is 0 Å². The maximum absolute atomic E-state index is 13.4. The van der Waals surface area contributed by atoms with Gasteiger partial charge in [-0.1, -0.05) is 18.2 Å². The highest BCUT2D eigenvalue weighted by atomic mass is 16.6. The molecule has 468 valence electrons. The highest BCUT2D eigenvalue weighted by Gasteiger charge is 2.23. The number of likely N-dealkylation sites (N-methyl/N-ethyl adjacent to an activating group) is 3. The van der Waals surface area contributed by atoms with Crippen molar-refractivity contribution in [3.05, 3.63) is 193 Å². The van der Waals surface area contributed by atoms with Crippen molar-refractivity contribution in [3.8, 4) is 22.6 Å². The minimum absolute atomic E-state index is 0.0531. The lowest BCUT2D eigenvalue weighted by Crippen LogP contribution is -2.44. The van der Waals surface area contributed by atoms with Crippen molar-refractivity contribution in [1.29, 1.82) is 0 Å². The zero-order valence-electron chi connectivity index (χ0n) is 52.4. The van der Waals surface area contributed by atoms with Crippen LogP contribution in [0.15, 0.2) is 173 Å². The summed E-state index contributed by atoms with van der Waals surface area (Å²) in [6.45, 7) is 17.8. The number of aromatic carboxylic acids is 1. The number of ether oxygens (including phenoxy) is 1. The van der Waals surface area contributed by atoms with Crippen LogP contribution in [0.1, 0.15) is 63.4 Å². The molecule has 0 radical (unpaired) electrons. The number of hydrogen-bond donors (Lipinski definition) is 3. The number of carboxylic acid groups (broad SMARTS) is 1. The second kappa shape index (κ2) is 27.8. The van der Waals surface area contributed by atoms with E-state index in [9.17, 15) is 19.2 Å². The van der Waals surface area contributed by atoms with Crippen molar-refractivity contribution in [3.63, 3.8) is 0 Å². The molecule has 19 nitrogen and oxygen atoms in total. The Labute approximate surface area is 529 Å². The normalized spacial score (nSPS) is 15.0. The number of carbonyl (C=O) groups is 4. The number of hydrogen-bond acceptors (Lipinski definition) is 17. The van der Waals surface area contributed by atoms with E-state index in [0.29, 0.717) is 34.1 Å². The SMILES string of the molecule is CN1CCN(c2ccc3cc(C(=O)Cc4cc(-c5ccco5)ccc4N)ncc3c2)CC1.CN1CCN(c2ccc3cc(C(=O)Cc4cc(-c5ccco5)ccc4NC(=O)OC(C)(C)C)ncc3c2)CC1.CN1CCN(c2ccc3cc(C(=O)O)ncc3c2)CC1. The first-order valence-corrected chi connectivity index (χ1v) is 30.7. The van der Waals surface area contributed by atoms with E-state index in [1.54, 1.807) is 70.1 Å². The molecule has 3 saturated heterocycles. The molecule has 1 amide bonds. The number of piperazine rings is 3. The van der Waals surface area contributed by atoms with Gasteiger partial charge < -0.3 is 53.8 Å². The summed E-state index contributed by atoms with van der Waals surface area (Å²) in [5, 5.41) is 17.6. The number of carboxylic acids is 1. The van der Waals surface area contributed by atoms with E-state index in [-0.39, 0.29) is 30.1 Å². The minimum Gasteiger partial charge on any atom is -0.477 e. The zero-order valence-corrected chi connectivity index (χ0v) is 52.4. The van der Waals surface area contributed by atoms with Crippen LogP contribution in [-0.4, -0.2) is 164 Å². The molecule has 5 aromatic carbocycles. The molecule has 0 spiro atoms. The molecule has 13 rings (SSSR count). The summed E-state index contributed by atoms with van der Waals surface area (Å²) in [6, 6.07) is 42.6. The minimum atomic E-state index is -0.991. The monoisotopic (exact) mass is 1220 g/mol. The van der Waals surface area contributed by atoms with E-state index in [2.05, 4.69) is 119 Å². The number of pyridine rings is 3. The highest BCUT2D eigenvalue weighted by molar-refractivity contribution is 6.02. The number of nitrogens with zero attached hydrogens (tertiary/aromatic N) is 9. The summed E-state index contributed by atoms with van der Waals surface area (Å²) in [4.78, 5) is 76.9. The molecule has 3 aliphatic heterocycles. The Morgan fingerprint density at radius 2 is 0.890 bits per heavy atom. The van der Waals surface area contributed by atoms with Gasteiger partial charge >= 0.3 is 12.1 Å². The summed E-state index contributed by atoms with van der Waals surface area (Å²) in [6.07, 6.45) is 8.09. The van der Waals surface area contributed by atoms with E-state index in [0.717, 1.165) is 133 Å². The molecule has 91 heavy (non-hydrogen) atoms. The number of rotatable bonds is 13. The van der Waals surface area contributed by atoms with Gasteiger partial charge in [0.2, 0.25) is 0 Å². The summed E-state index contributed by atoms with van der Waals surface area (Å²) in [5.74, 6) is 0.225. The molecular weight excluding hydrogens is 1150 g/mol. The third-order valence-electron chi connectivity index (χ3n) is 16.7. The van der Waals surface area contributed by atoms with Crippen LogP contribution in [0.4, 0.5) is 33.2 Å². The molecule has 5 aromatic heterocycles. The fourth-order valence-corrected chi connectivity index (χ4v) is 11.3. The van der Waals surface area contributed by atoms with Crippen LogP contribution in [0, 0.1) is 0 Å². The number of anilines is 5. The van der Waals surface area contributed by atoms with Crippen molar-refractivity contribution in [1.82, 2.24) is 29.7 Å². The molecule has 8 heterocycles. The lowest BCUT2D eigenvalue weighted by Gasteiger charge is -2.34. The van der Waals surface area contributed by atoms with Crippen LogP contribution in [0.2, 0.25) is 0 Å². The number of ketones is 2. The van der Waals surface area contributed by atoms with E-state index in [1.807, 2.05) is 66.7 Å². The Balaban J connectivity index is 0.000000147. The Hall–Kier alpha value is -9.95. The molecule has 0 atom stereocenters. The van der Waals surface area contributed by atoms with Gasteiger partial charge in [0, 0.05) is 166 Å². The molecule has 0 unspecified atom stereocenters. The van der Waals surface area contributed by atoms with Gasteiger partial charge in [0.15, 0.2) is 11.6 Å². The number of carbonyl (C=O) groups excluding carboxylic acids is 3. The van der Waals surface area contributed by atoms with Crippen molar-refractivity contribution < 1.29 is 37.9 Å². The predicted octanol–water partition coefficient (Wildman–Crippen LogP) is 12.0. The van der Waals surface area contributed by atoms with Crippen molar-refractivity contribution in [2.45, 2.75) is 39.2 Å². The predicted molar refractivity (Wildman–Crippen MR) is 360 cm³/mol. The number of furan rings is 2. The fourth-order valence-electron chi connectivity index (χ4n) is 11.3. The Morgan fingerprint density at radius 3 is 1.30 bits per heavy atom. The molecule has 0 aliphatic carbocycles. The average molecular weight is 1220 g/mol. The Kier molecular flexibility index (Phi) is 19.2. The number of aromatic nitrogens is 3. The lowest BCUT2D eigenvalue weighted by atomic mass is 10.00. The van der Waals surface area contributed by atoms with Crippen LogP contribution in [0.5, 0.6) is 0 Å². The topological polar surface area (TPSA) is 220 Å². The number of benzene rings is 5. The first-order valence-electron chi connectivity index (χ1n) is 30.7. The Morgan fingerprint density at radius 1 is 0.495 bits per heavy atom. The van der Waals surface area contributed by atoms with E-state index in [4.69, 9.17) is 24.4 Å². The van der Waals surface area contributed by atoms with Crippen LogP contribution in [0.3, 0.4) is 0 Å². The molecule has 3 fully saturated rings. The summed E-state index contributed by atoms with van der Waals surface area (Å²) >= 11 is 0. The van der Waals surface area contributed by atoms with Crippen LogP contribution >= 0.6 is 0 Å². The fraction of sp³-hybridized carbons (Fsp3) is 0.292. The second-order valence-electron chi connectivity index (χ2n) is 24.5. The molecule has 10 aromatic rings. The van der Waals surface area contributed by atoms with Gasteiger partial charge in [-0.25, -0.2) is 14.6 Å². The molecule has 3 aliphatic rings. The maximum Gasteiger partial charge on any atom is 0.412 e. The third-order valence-corrected chi connectivity index (χ3v) is 16.7. The average Bonchev–Trinajstić information content (AvgIpc) is 2.99. The van der Waals surface area contributed by atoms with E-state index in [1.165, 1.54) is 17.1 Å². The van der Waals surface area contributed by atoms with Gasteiger partial charge in [-0.05, 0) is 184 Å². The van der Waals surface area contributed by atoms with Crippen LogP contribution in [0.25, 0.3) is 55.0 Å². The standard InChI is InChI=1S/C31H34N4O4.C26H26N4O2.C15H17N3O2/c1-31(2,3)39-30(37)33-26-10-8-22(29-6-5-15-38-29)16-23(26)19-28(36)27-18-21-7-9-25(17-24(21)20-32-27)35-13-11-34(4)12-14-35;1-29-8-10-30(11-9-29)22-6-4-18-15-24(28-17-21(18)14-22)25(31)16-20-13-19(5-7-23(20)27)26-3-2-12-32-26;1-17-4-6-18(7-5-17)13-3-2-11-9-14(15(19)20)16-10-12(11)8-13/h5-10,15-18,20H,11-14,19H2,1-4H3,(H,33,37);2-7,12-15,17H,8-11,16,27H2,1H3;2-3,8-10H,4-7H2,1H3,(H,19,20). The number of nitrogens with two attached hydrogens (primary N) is 1. The molecule has 0 bridgehead atoms. The van der Waals surface area contributed by atoms with Crippen molar-refractivity contribution in [2.75, 3.05) is 125 Å². The number of nitrogen functional groups attached to an aromatic ring is 1. The number of Topliss-reactive ketones (excluding diaryl/α,β-unsaturated/α-hetero) is 2. The first kappa shape index (κ1) is 62.6. The first-order chi connectivity index (χ1) is 43.8. The van der Waals surface area contributed by atoms with Gasteiger partial charge in [-0.15, -0.1) is 0 Å². The zero-order chi connectivity index (χ0) is 63.8. The number of fused-ring (bicyclic) bond motifs is 3. The Bertz CT molecular complexity index is 4220. The van der Waals surface area contributed by atoms with Gasteiger partial charge in [0.1, 0.15) is 34.2 Å². The van der Waals surface area contributed by atoms with Gasteiger partial charge in [0.05, 0.1) is 12.5 Å². The van der Waals surface area contributed by atoms with Crippen LogP contribution in [-0.2, 0) is 17.6 Å². The largest absolute Gasteiger partial charge is 0.477 e. The third kappa shape index (κ3) is 15.9. The smallest absolute Gasteiger partial charge is 0.412 e.